The van der Waals surface area contributed by atoms with Crippen LogP contribution in [0.2, 0.25) is 5.02 Å². The number of benzene rings is 1. The zero-order valence-electron chi connectivity index (χ0n) is 10.7. The number of rotatable bonds is 4. The Morgan fingerprint density at radius 2 is 2.00 bits per heavy atom. The largest absolute Gasteiger partial charge is 0.322 e. The highest BCUT2D eigenvalue weighted by atomic mass is 35.5. The van der Waals surface area contributed by atoms with Crippen LogP contribution in [0.3, 0.4) is 0 Å². The van der Waals surface area contributed by atoms with Crippen molar-refractivity contribution in [1.29, 1.82) is 0 Å². The summed E-state index contributed by atoms with van der Waals surface area (Å²) in [4.78, 5) is 4.34. The minimum Gasteiger partial charge on any atom is -0.322 e. The molecule has 0 saturated heterocycles. The van der Waals surface area contributed by atoms with E-state index in [1.807, 2.05) is 12.1 Å². The van der Waals surface area contributed by atoms with Gasteiger partial charge in [-0.15, -0.1) is 0 Å². The van der Waals surface area contributed by atoms with E-state index in [1.165, 1.54) is 6.07 Å². The van der Waals surface area contributed by atoms with Crippen LogP contribution < -0.4 is 5.73 Å². The van der Waals surface area contributed by atoms with Crippen molar-refractivity contribution >= 4 is 11.6 Å². The van der Waals surface area contributed by atoms with Crippen molar-refractivity contribution in [1.82, 2.24) is 4.98 Å². The fourth-order valence-electron chi connectivity index (χ4n) is 2.12. The molecule has 0 aliphatic carbocycles. The maximum Gasteiger partial charge on any atom is 0.142 e. The molecule has 100 valence electrons. The lowest BCUT2D eigenvalue weighted by atomic mass is 9.99. The summed E-state index contributed by atoms with van der Waals surface area (Å²) in [5.41, 5.74) is 8.85. The van der Waals surface area contributed by atoms with E-state index >= 15 is 0 Å². The molecule has 1 unspecified atom stereocenters. The maximum absolute atomic E-state index is 13.4. The second kappa shape index (κ2) is 6.13. The molecule has 19 heavy (non-hydrogen) atoms. The van der Waals surface area contributed by atoms with Gasteiger partial charge in [0.05, 0.1) is 16.8 Å². The van der Waals surface area contributed by atoms with Crippen LogP contribution in [0.4, 0.5) is 4.39 Å². The third-order valence-corrected chi connectivity index (χ3v) is 3.55. The van der Waals surface area contributed by atoms with Crippen molar-refractivity contribution in [2.75, 3.05) is 0 Å². The molecule has 0 radical (unpaired) electrons. The molecule has 2 N–H and O–H groups in total. The number of aromatic nitrogens is 1. The molecule has 0 amide bonds. The smallest absolute Gasteiger partial charge is 0.142 e. The third-order valence-electron chi connectivity index (χ3n) is 3.13. The molecule has 1 atom stereocenters. The summed E-state index contributed by atoms with van der Waals surface area (Å²) >= 11 is 5.95. The quantitative estimate of drug-likeness (QED) is 0.927. The Morgan fingerprint density at radius 1 is 1.26 bits per heavy atom. The first-order chi connectivity index (χ1) is 9.13. The molecule has 2 aromatic rings. The number of hydrogen-bond acceptors (Lipinski definition) is 2. The van der Waals surface area contributed by atoms with Gasteiger partial charge in [-0.25, -0.2) is 4.39 Å². The highest BCUT2D eigenvalue weighted by Gasteiger charge is 2.15. The van der Waals surface area contributed by atoms with Crippen molar-refractivity contribution < 1.29 is 4.39 Å². The molecule has 4 heteroatoms. The Hall–Kier alpha value is -1.45. The van der Waals surface area contributed by atoms with Crippen molar-refractivity contribution in [2.24, 2.45) is 5.73 Å². The molecule has 0 aliphatic heterocycles. The van der Waals surface area contributed by atoms with Gasteiger partial charge in [0.2, 0.25) is 0 Å². The second-order valence-corrected chi connectivity index (χ2v) is 4.80. The molecule has 2 rings (SSSR count). The van der Waals surface area contributed by atoms with Crippen molar-refractivity contribution in [3.8, 4) is 0 Å². The molecular formula is C15H16ClFN2. The van der Waals surface area contributed by atoms with Crippen LogP contribution in [-0.2, 0) is 12.8 Å². The van der Waals surface area contributed by atoms with E-state index in [4.69, 9.17) is 17.3 Å². The fourth-order valence-corrected chi connectivity index (χ4v) is 2.33. The van der Waals surface area contributed by atoms with Gasteiger partial charge >= 0.3 is 0 Å². The number of aryl methyl sites for hydroxylation is 1. The number of nitrogens with zero attached hydrogens (tertiary/aromatic N) is 1. The predicted molar refractivity (Wildman–Crippen MR) is 75.7 cm³/mol. The number of pyridine rings is 1. The highest BCUT2D eigenvalue weighted by Crippen LogP contribution is 2.25. The molecule has 1 aromatic heterocycles. The summed E-state index contributed by atoms with van der Waals surface area (Å²) in [6.07, 6.45) is 3.07. The van der Waals surface area contributed by atoms with E-state index in [-0.39, 0.29) is 11.1 Å². The van der Waals surface area contributed by atoms with E-state index in [2.05, 4.69) is 11.9 Å². The average Bonchev–Trinajstić information content (AvgIpc) is 2.43. The normalized spacial score (nSPS) is 12.4. The Bertz CT molecular complexity index is 572. The van der Waals surface area contributed by atoms with E-state index in [9.17, 15) is 4.39 Å². The lowest BCUT2D eigenvalue weighted by Gasteiger charge is -2.15. The third kappa shape index (κ3) is 3.11. The number of halogens is 2. The van der Waals surface area contributed by atoms with Crippen LogP contribution >= 0.6 is 11.6 Å². The topological polar surface area (TPSA) is 38.9 Å². The first-order valence-corrected chi connectivity index (χ1v) is 6.63. The highest BCUT2D eigenvalue weighted by molar-refractivity contribution is 6.31. The average molecular weight is 279 g/mol. The maximum atomic E-state index is 13.4. The minimum absolute atomic E-state index is 0.145. The minimum atomic E-state index is -0.414. The second-order valence-electron chi connectivity index (χ2n) is 4.42. The Kier molecular flexibility index (Phi) is 4.51. The van der Waals surface area contributed by atoms with E-state index < -0.39 is 5.82 Å². The molecule has 2 nitrogen and oxygen atoms in total. The van der Waals surface area contributed by atoms with Crippen molar-refractivity contribution in [2.45, 2.75) is 25.8 Å². The molecule has 0 saturated carbocycles. The van der Waals surface area contributed by atoms with Gasteiger partial charge in [0.15, 0.2) is 0 Å². The van der Waals surface area contributed by atoms with Gasteiger partial charge in [0.1, 0.15) is 5.82 Å². The summed E-state index contributed by atoms with van der Waals surface area (Å²) in [6, 6.07) is 8.40. The summed E-state index contributed by atoms with van der Waals surface area (Å²) in [6.45, 7) is 2.06. The summed E-state index contributed by atoms with van der Waals surface area (Å²) in [7, 11) is 0. The van der Waals surface area contributed by atoms with Gasteiger partial charge in [0.25, 0.3) is 0 Å². The monoisotopic (exact) mass is 278 g/mol. The summed E-state index contributed by atoms with van der Waals surface area (Å²) < 4.78 is 13.4. The van der Waals surface area contributed by atoms with Crippen LogP contribution in [0.5, 0.6) is 0 Å². The van der Waals surface area contributed by atoms with Crippen LogP contribution in [0.25, 0.3) is 0 Å². The SMILES string of the molecule is CCc1cccnc1C(N)Cc1cccc(F)c1Cl. The molecule has 0 aliphatic rings. The van der Waals surface area contributed by atoms with Gasteiger partial charge in [-0.3, -0.25) is 4.98 Å². The number of nitrogens with two attached hydrogens (primary N) is 1. The molecule has 1 heterocycles. The summed E-state index contributed by atoms with van der Waals surface area (Å²) in [5.74, 6) is -0.414. The lowest BCUT2D eigenvalue weighted by Crippen LogP contribution is -2.17. The van der Waals surface area contributed by atoms with E-state index in [0.717, 1.165) is 17.7 Å². The molecule has 0 spiro atoms. The standard InChI is InChI=1S/C15H16ClFN2/c1-2-10-6-4-8-19-15(10)13(18)9-11-5-3-7-12(17)14(11)16/h3-8,13H,2,9,18H2,1H3. The van der Waals surface area contributed by atoms with Gasteiger partial charge < -0.3 is 5.73 Å². The van der Waals surface area contributed by atoms with Gasteiger partial charge in [-0.05, 0) is 36.1 Å². The first-order valence-electron chi connectivity index (χ1n) is 6.25. The summed E-state index contributed by atoms with van der Waals surface area (Å²) in [5, 5.41) is 0.145. The Labute approximate surface area is 117 Å². The van der Waals surface area contributed by atoms with Crippen LogP contribution in [0.1, 0.15) is 29.8 Å². The van der Waals surface area contributed by atoms with Crippen molar-refractivity contribution in [3.63, 3.8) is 0 Å². The first kappa shape index (κ1) is 14.0. The zero-order valence-corrected chi connectivity index (χ0v) is 11.5. The molecule has 1 aromatic carbocycles. The molecular weight excluding hydrogens is 263 g/mol. The fraction of sp³-hybridized carbons (Fsp3) is 0.267. The molecule has 0 bridgehead atoms. The van der Waals surface area contributed by atoms with Crippen LogP contribution in [-0.4, -0.2) is 4.98 Å². The Balaban J connectivity index is 2.26. The molecule has 0 fully saturated rings. The predicted octanol–water partition coefficient (Wildman–Crippen LogP) is 3.68. The van der Waals surface area contributed by atoms with Crippen molar-refractivity contribution in [3.05, 3.63) is 64.2 Å². The van der Waals surface area contributed by atoms with Gasteiger partial charge in [-0.1, -0.05) is 36.7 Å². The lowest BCUT2D eigenvalue weighted by molar-refractivity contribution is 0.620. The van der Waals surface area contributed by atoms with Gasteiger partial charge in [-0.2, -0.15) is 0 Å². The van der Waals surface area contributed by atoms with E-state index in [0.29, 0.717) is 12.0 Å². The van der Waals surface area contributed by atoms with Crippen LogP contribution in [0, 0.1) is 5.82 Å². The Morgan fingerprint density at radius 3 is 2.74 bits per heavy atom. The van der Waals surface area contributed by atoms with Gasteiger partial charge in [0, 0.05) is 6.20 Å². The zero-order chi connectivity index (χ0) is 13.8. The van der Waals surface area contributed by atoms with E-state index in [1.54, 1.807) is 18.3 Å². The van der Waals surface area contributed by atoms with Crippen LogP contribution in [0.15, 0.2) is 36.5 Å². The number of hydrogen-bond donors (Lipinski definition) is 1.